The van der Waals surface area contributed by atoms with E-state index >= 15 is 0 Å². The molecule has 0 unspecified atom stereocenters. The van der Waals surface area contributed by atoms with Crippen molar-refractivity contribution >= 4 is 11.9 Å². The lowest BCUT2D eigenvalue weighted by molar-refractivity contribution is -0.141. The number of hydrogen-bond donors (Lipinski definition) is 1. The van der Waals surface area contributed by atoms with Gasteiger partial charge in [0.25, 0.3) is 0 Å². The fourth-order valence-corrected chi connectivity index (χ4v) is 2.73. The van der Waals surface area contributed by atoms with E-state index in [0.717, 1.165) is 12.1 Å². The molecule has 6 nitrogen and oxygen atoms in total. The highest BCUT2D eigenvalue weighted by molar-refractivity contribution is 5.81. The van der Waals surface area contributed by atoms with E-state index in [2.05, 4.69) is 40.9 Å². The van der Waals surface area contributed by atoms with Crippen LogP contribution in [0.3, 0.4) is 0 Å². The molecule has 1 aliphatic rings. The number of ether oxygens (including phenoxy) is 2. The highest BCUT2D eigenvalue weighted by atomic mass is 16.5. The van der Waals surface area contributed by atoms with Crippen LogP contribution in [0.5, 0.6) is 0 Å². The van der Waals surface area contributed by atoms with Gasteiger partial charge in [-0.05, 0) is 19.4 Å². The van der Waals surface area contributed by atoms with Crippen LogP contribution in [0.15, 0.2) is 30.3 Å². The zero-order valence-electron chi connectivity index (χ0n) is 14.6. The minimum absolute atomic E-state index is 0.0114. The molecule has 24 heavy (non-hydrogen) atoms. The third-order valence-corrected chi connectivity index (χ3v) is 4.32. The highest BCUT2D eigenvalue weighted by Gasteiger charge is 2.35. The summed E-state index contributed by atoms with van der Waals surface area (Å²) in [5.41, 5.74) is 1.02. The monoisotopic (exact) mass is 334 g/mol. The Balaban J connectivity index is 1.89. The Kier molecular flexibility index (Phi) is 6.34. The number of esters is 1. The summed E-state index contributed by atoms with van der Waals surface area (Å²) in [5, 5.41) is 2.57. The number of methoxy groups -OCH3 is 1. The SMILES string of the molecule is COC(=O)CNC(=O)CCN1C[C@@H](c2ccccc2)OCC1(C)C. The number of morpholine rings is 1. The lowest BCUT2D eigenvalue weighted by Crippen LogP contribution is -2.54. The molecule has 1 saturated heterocycles. The molecule has 6 heteroatoms. The van der Waals surface area contributed by atoms with Crippen LogP contribution in [0.1, 0.15) is 31.9 Å². The van der Waals surface area contributed by atoms with E-state index in [9.17, 15) is 9.59 Å². The molecule has 1 amide bonds. The van der Waals surface area contributed by atoms with Gasteiger partial charge in [0.2, 0.25) is 5.91 Å². The quantitative estimate of drug-likeness (QED) is 0.799. The van der Waals surface area contributed by atoms with Crippen LogP contribution in [0.4, 0.5) is 0 Å². The van der Waals surface area contributed by atoms with Gasteiger partial charge in [-0.2, -0.15) is 0 Å². The van der Waals surface area contributed by atoms with Crippen molar-refractivity contribution in [1.82, 2.24) is 10.2 Å². The first-order chi connectivity index (χ1) is 11.4. The Morgan fingerprint density at radius 3 is 2.71 bits per heavy atom. The van der Waals surface area contributed by atoms with Gasteiger partial charge >= 0.3 is 5.97 Å². The van der Waals surface area contributed by atoms with Crippen LogP contribution < -0.4 is 5.32 Å². The first kappa shape index (κ1) is 18.4. The Morgan fingerprint density at radius 2 is 2.04 bits per heavy atom. The number of benzene rings is 1. The van der Waals surface area contributed by atoms with Crippen LogP contribution in [-0.4, -0.2) is 55.7 Å². The van der Waals surface area contributed by atoms with Gasteiger partial charge in [-0.3, -0.25) is 14.5 Å². The van der Waals surface area contributed by atoms with Crippen LogP contribution >= 0.6 is 0 Å². The molecular weight excluding hydrogens is 308 g/mol. The van der Waals surface area contributed by atoms with Crippen molar-refractivity contribution in [2.75, 3.05) is 33.4 Å². The number of amides is 1. The predicted molar refractivity (Wildman–Crippen MR) is 90.4 cm³/mol. The molecule has 1 N–H and O–H groups in total. The van der Waals surface area contributed by atoms with Gasteiger partial charge in [0.15, 0.2) is 0 Å². The summed E-state index contributed by atoms with van der Waals surface area (Å²) in [6.07, 6.45) is 0.347. The Labute approximate surface area is 143 Å². The van der Waals surface area contributed by atoms with Gasteiger partial charge in [0, 0.05) is 25.0 Å². The normalized spacial score (nSPS) is 20.4. The fourth-order valence-electron chi connectivity index (χ4n) is 2.73. The average molecular weight is 334 g/mol. The van der Waals surface area contributed by atoms with Gasteiger partial charge in [-0.25, -0.2) is 0 Å². The maximum Gasteiger partial charge on any atom is 0.325 e. The second kappa shape index (κ2) is 8.26. The Morgan fingerprint density at radius 1 is 1.33 bits per heavy atom. The molecule has 0 saturated carbocycles. The lowest BCUT2D eigenvalue weighted by Gasteiger charge is -2.45. The minimum Gasteiger partial charge on any atom is -0.468 e. The molecule has 1 atom stereocenters. The topological polar surface area (TPSA) is 67.9 Å². The van der Waals surface area contributed by atoms with Gasteiger partial charge in [0.05, 0.1) is 19.8 Å². The number of carbonyl (C=O) groups is 2. The van der Waals surface area contributed by atoms with Crippen LogP contribution in [0, 0.1) is 0 Å². The van der Waals surface area contributed by atoms with Gasteiger partial charge < -0.3 is 14.8 Å². The molecule has 132 valence electrons. The molecule has 1 aromatic rings. The summed E-state index contributed by atoms with van der Waals surface area (Å²) in [6, 6.07) is 10.1. The molecule has 0 aliphatic carbocycles. The Hall–Kier alpha value is -1.92. The molecule has 1 aliphatic heterocycles. The van der Waals surface area contributed by atoms with E-state index in [4.69, 9.17) is 4.74 Å². The number of nitrogens with one attached hydrogen (secondary N) is 1. The zero-order valence-corrected chi connectivity index (χ0v) is 14.6. The van der Waals surface area contributed by atoms with Crippen LogP contribution in [0.25, 0.3) is 0 Å². The highest BCUT2D eigenvalue weighted by Crippen LogP contribution is 2.30. The van der Waals surface area contributed by atoms with Crippen molar-refractivity contribution < 1.29 is 19.1 Å². The molecule has 2 rings (SSSR count). The summed E-state index contributed by atoms with van der Waals surface area (Å²) in [4.78, 5) is 25.2. The van der Waals surface area contributed by atoms with Crippen molar-refractivity contribution in [2.45, 2.75) is 31.9 Å². The maximum absolute atomic E-state index is 11.9. The molecule has 0 spiro atoms. The molecular formula is C18H26N2O4. The first-order valence-corrected chi connectivity index (χ1v) is 8.17. The van der Waals surface area contributed by atoms with Crippen LogP contribution in [-0.2, 0) is 19.1 Å². The third kappa shape index (κ3) is 5.04. The molecule has 1 aromatic carbocycles. The summed E-state index contributed by atoms with van der Waals surface area (Å²) in [5.74, 6) is -0.599. The number of nitrogens with zero attached hydrogens (tertiary/aromatic N) is 1. The van der Waals surface area contributed by atoms with Crippen molar-refractivity contribution in [3.63, 3.8) is 0 Å². The molecule has 1 fully saturated rings. The number of carbonyl (C=O) groups excluding carboxylic acids is 2. The summed E-state index contributed by atoms with van der Waals surface area (Å²) in [7, 11) is 1.30. The van der Waals surface area contributed by atoms with E-state index in [0.29, 0.717) is 19.6 Å². The van der Waals surface area contributed by atoms with E-state index in [1.54, 1.807) is 0 Å². The van der Waals surface area contributed by atoms with Crippen molar-refractivity contribution in [3.05, 3.63) is 35.9 Å². The largest absolute Gasteiger partial charge is 0.468 e. The standard InChI is InChI=1S/C18H26N2O4/c1-18(2)13-24-15(14-7-5-4-6-8-14)12-20(18)10-9-16(21)19-11-17(22)23-3/h4-8,15H,9-13H2,1-3H3,(H,19,21)/t15-/m0/s1. The molecule has 0 radical (unpaired) electrons. The second-order valence-electron chi connectivity index (χ2n) is 6.57. The molecule has 0 bridgehead atoms. The smallest absolute Gasteiger partial charge is 0.325 e. The minimum atomic E-state index is -0.445. The summed E-state index contributed by atoms with van der Waals surface area (Å²) < 4.78 is 10.5. The van der Waals surface area contributed by atoms with Gasteiger partial charge in [-0.15, -0.1) is 0 Å². The average Bonchev–Trinajstić information content (AvgIpc) is 2.59. The van der Waals surface area contributed by atoms with E-state index in [1.165, 1.54) is 7.11 Å². The van der Waals surface area contributed by atoms with Crippen molar-refractivity contribution in [1.29, 1.82) is 0 Å². The number of hydrogen-bond acceptors (Lipinski definition) is 5. The molecule has 0 aromatic heterocycles. The van der Waals surface area contributed by atoms with E-state index in [-0.39, 0.29) is 24.1 Å². The van der Waals surface area contributed by atoms with Crippen molar-refractivity contribution in [3.8, 4) is 0 Å². The molecule has 1 heterocycles. The fraction of sp³-hybridized carbons (Fsp3) is 0.556. The van der Waals surface area contributed by atoms with Gasteiger partial charge in [0.1, 0.15) is 6.54 Å². The third-order valence-electron chi connectivity index (χ3n) is 4.32. The summed E-state index contributed by atoms with van der Waals surface area (Å²) >= 11 is 0. The zero-order chi connectivity index (χ0) is 17.6. The number of rotatable bonds is 6. The first-order valence-electron chi connectivity index (χ1n) is 8.17. The summed E-state index contributed by atoms with van der Waals surface area (Å²) in [6.45, 7) is 6.10. The lowest BCUT2D eigenvalue weighted by atomic mass is 9.98. The van der Waals surface area contributed by atoms with Crippen molar-refractivity contribution in [2.24, 2.45) is 0 Å². The van der Waals surface area contributed by atoms with Gasteiger partial charge in [-0.1, -0.05) is 30.3 Å². The predicted octanol–water partition coefficient (Wildman–Crippen LogP) is 1.52. The van der Waals surface area contributed by atoms with E-state index < -0.39 is 5.97 Å². The second-order valence-corrected chi connectivity index (χ2v) is 6.57. The van der Waals surface area contributed by atoms with E-state index in [1.807, 2.05) is 18.2 Å². The maximum atomic E-state index is 11.9. The van der Waals surface area contributed by atoms with Crippen LogP contribution in [0.2, 0.25) is 0 Å². The Bertz CT molecular complexity index is 559.